The summed E-state index contributed by atoms with van der Waals surface area (Å²) in [5, 5.41) is 9.47. The van der Waals surface area contributed by atoms with E-state index in [9.17, 15) is 5.11 Å². The number of aliphatic hydroxyl groups is 1. The smallest absolute Gasteiger partial charge is 0.129 e. The summed E-state index contributed by atoms with van der Waals surface area (Å²) in [5.41, 5.74) is 0.830. The molecule has 0 aromatic heterocycles. The van der Waals surface area contributed by atoms with Crippen LogP contribution in [0.3, 0.4) is 0 Å². The van der Waals surface area contributed by atoms with Crippen molar-refractivity contribution < 1.29 is 5.11 Å². The van der Waals surface area contributed by atoms with Gasteiger partial charge in [-0.3, -0.25) is 4.99 Å². The normalized spacial score (nSPS) is 21.5. The lowest BCUT2D eigenvalue weighted by atomic mass is 9.91. The van der Waals surface area contributed by atoms with Crippen LogP contribution in [0.15, 0.2) is 17.3 Å². The van der Waals surface area contributed by atoms with E-state index in [1.54, 1.807) is 7.05 Å². The molecule has 0 heterocycles. The molecule has 1 aliphatic rings. The fraction of sp³-hybridized carbons (Fsp3) is 0.769. The molecular weight excluding hydrogens is 186 g/mol. The van der Waals surface area contributed by atoms with E-state index in [2.05, 4.69) is 11.6 Å². The van der Waals surface area contributed by atoms with E-state index in [1.807, 2.05) is 0 Å². The lowest BCUT2D eigenvalue weighted by Gasteiger charge is -2.17. The van der Waals surface area contributed by atoms with E-state index >= 15 is 0 Å². The molecule has 1 aliphatic carbocycles. The zero-order valence-electron chi connectivity index (χ0n) is 9.84. The largest absolute Gasteiger partial charge is 0.507 e. The zero-order chi connectivity index (χ0) is 11.1. The van der Waals surface area contributed by atoms with Gasteiger partial charge in [-0.15, -0.1) is 0 Å². The molecule has 0 aromatic rings. The lowest BCUT2D eigenvalue weighted by Crippen LogP contribution is -2.16. The molecule has 2 nitrogen and oxygen atoms in total. The van der Waals surface area contributed by atoms with Gasteiger partial charge in [0.25, 0.3) is 0 Å². The van der Waals surface area contributed by atoms with E-state index < -0.39 is 0 Å². The number of hydrogen-bond donors (Lipinski definition) is 1. The number of aliphatic imine (C=N–C) groups is 1. The molecular formula is C13H23NO. The lowest BCUT2D eigenvalue weighted by molar-refractivity contribution is 0.429. The molecule has 1 saturated carbocycles. The van der Waals surface area contributed by atoms with Crippen molar-refractivity contribution in [2.45, 2.75) is 51.4 Å². The maximum atomic E-state index is 9.47. The third-order valence-corrected chi connectivity index (χ3v) is 3.28. The van der Waals surface area contributed by atoms with Gasteiger partial charge in [0.05, 0.1) is 5.71 Å². The molecule has 0 radical (unpaired) electrons. The van der Waals surface area contributed by atoms with Gasteiger partial charge in [0.1, 0.15) is 5.76 Å². The van der Waals surface area contributed by atoms with Gasteiger partial charge in [0, 0.05) is 13.0 Å². The summed E-state index contributed by atoms with van der Waals surface area (Å²) in [5.74, 6) is 0.604. The Labute approximate surface area is 93.1 Å². The summed E-state index contributed by atoms with van der Waals surface area (Å²) in [6.07, 6.45) is 10.2. The van der Waals surface area contributed by atoms with Crippen LogP contribution >= 0.6 is 0 Å². The summed E-state index contributed by atoms with van der Waals surface area (Å²) >= 11 is 0. The van der Waals surface area contributed by atoms with Gasteiger partial charge in [0.2, 0.25) is 0 Å². The second-order valence-electron chi connectivity index (χ2n) is 4.45. The Bertz CT molecular complexity index is 223. The molecule has 1 N–H and O–H groups in total. The monoisotopic (exact) mass is 209 g/mol. The van der Waals surface area contributed by atoms with E-state index in [-0.39, 0.29) is 5.76 Å². The molecule has 1 fully saturated rings. The molecule has 0 spiro atoms. The van der Waals surface area contributed by atoms with Crippen LogP contribution in [0.2, 0.25) is 0 Å². The highest BCUT2D eigenvalue weighted by molar-refractivity contribution is 5.99. The minimum absolute atomic E-state index is 0.168. The van der Waals surface area contributed by atoms with Crippen LogP contribution < -0.4 is 0 Å². The second kappa shape index (κ2) is 6.65. The maximum Gasteiger partial charge on any atom is 0.129 e. The second-order valence-corrected chi connectivity index (χ2v) is 4.45. The van der Waals surface area contributed by atoms with Crippen molar-refractivity contribution in [3.8, 4) is 0 Å². The van der Waals surface area contributed by atoms with Crippen LogP contribution in [0.4, 0.5) is 0 Å². The standard InChI is InChI=1S/C13H23NO/c1-11(15)13(14-2)12-9-7-5-3-4-6-8-10-12/h12,15H,1,3-10H2,2H3. The minimum Gasteiger partial charge on any atom is -0.507 e. The van der Waals surface area contributed by atoms with Gasteiger partial charge in [-0.1, -0.05) is 45.1 Å². The summed E-state index contributed by atoms with van der Waals surface area (Å²) < 4.78 is 0. The molecule has 0 bridgehead atoms. The Morgan fingerprint density at radius 3 is 1.93 bits per heavy atom. The number of nitrogens with zero attached hydrogens (tertiary/aromatic N) is 1. The Morgan fingerprint density at radius 2 is 1.53 bits per heavy atom. The van der Waals surface area contributed by atoms with Crippen molar-refractivity contribution in [1.29, 1.82) is 0 Å². The fourth-order valence-corrected chi connectivity index (χ4v) is 2.45. The van der Waals surface area contributed by atoms with Crippen molar-refractivity contribution in [2.24, 2.45) is 10.9 Å². The molecule has 0 aliphatic heterocycles. The van der Waals surface area contributed by atoms with E-state index in [4.69, 9.17) is 0 Å². The average Bonchev–Trinajstić information content (AvgIpc) is 2.32. The molecule has 0 atom stereocenters. The summed E-state index contributed by atoms with van der Waals surface area (Å²) in [6, 6.07) is 0. The van der Waals surface area contributed by atoms with Crippen LogP contribution in [0.25, 0.3) is 0 Å². The third-order valence-electron chi connectivity index (χ3n) is 3.28. The number of aliphatic hydroxyl groups excluding tert-OH is 1. The van der Waals surface area contributed by atoms with Crippen LogP contribution in [0.5, 0.6) is 0 Å². The van der Waals surface area contributed by atoms with Gasteiger partial charge in [-0.05, 0) is 12.8 Å². The Kier molecular flexibility index (Phi) is 5.44. The average molecular weight is 209 g/mol. The highest BCUT2D eigenvalue weighted by atomic mass is 16.3. The van der Waals surface area contributed by atoms with Crippen LogP contribution in [0, 0.1) is 5.92 Å². The molecule has 0 unspecified atom stereocenters. The Balaban J connectivity index is 2.59. The zero-order valence-corrected chi connectivity index (χ0v) is 9.84. The first-order valence-electron chi connectivity index (χ1n) is 6.10. The number of hydrogen-bond acceptors (Lipinski definition) is 2. The molecule has 86 valence electrons. The molecule has 15 heavy (non-hydrogen) atoms. The highest BCUT2D eigenvalue weighted by Gasteiger charge is 2.18. The SMILES string of the molecule is C=C(O)C(=NC)C1CCCCCCCC1. The predicted octanol–water partition coefficient (Wildman–Crippen LogP) is 3.88. The summed E-state index contributed by atoms with van der Waals surface area (Å²) in [6.45, 7) is 3.60. The number of allylic oxidation sites excluding steroid dienone is 1. The van der Waals surface area contributed by atoms with E-state index in [1.165, 1.54) is 38.5 Å². The predicted molar refractivity (Wildman–Crippen MR) is 65.6 cm³/mol. The first kappa shape index (κ1) is 12.3. The molecule has 1 rings (SSSR count). The first-order chi connectivity index (χ1) is 7.25. The van der Waals surface area contributed by atoms with Crippen LogP contribution in [0.1, 0.15) is 51.4 Å². The van der Waals surface area contributed by atoms with Crippen molar-refractivity contribution in [3.05, 3.63) is 12.3 Å². The quantitative estimate of drug-likeness (QED) is 0.543. The van der Waals surface area contributed by atoms with E-state index in [0.29, 0.717) is 5.92 Å². The highest BCUT2D eigenvalue weighted by Crippen LogP contribution is 2.24. The molecule has 2 heteroatoms. The molecule has 0 aromatic carbocycles. The summed E-state index contributed by atoms with van der Waals surface area (Å²) in [4.78, 5) is 4.18. The van der Waals surface area contributed by atoms with Crippen molar-refractivity contribution >= 4 is 5.71 Å². The Morgan fingerprint density at radius 1 is 1.07 bits per heavy atom. The van der Waals surface area contributed by atoms with Crippen molar-refractivity contribution in [2.75, 3.05) is 7.05 Å². The molecule has 0 saturated heterocycles. The van der Waals surface area contributed by atoms with Gasteiger partial charge >= 0.3 is 0 Å². The topological polar surface area (TPSA) is 32.6 Å². The van der Waals surface area contributed by atoms with Gasteiger partial charge in [-0.25, -0.2) is 0 Å². The number of rotatable bonds is 2. The molecule has 0 amide bonds. The van der Waals surface area contributed by atoms with Gasteiger partial charge in [-0.2, -0.15) is 0 Å². The Hall–Kier alpha value is -0.790. The van der Waals surface area contributed by atoms with E-state index in [0.717, 1.165) is 18.6 Å². The summed E-state index contributed by atoms with van der Waals surface area (Å²) in [7, 11) is 1.75. The van der Waals surface area contributed by atoms with Gasteiger partial charge in [0.15, 0.2) is 0 Å². The van der Waals surface area contributed by atoms with Gasteiger partial charge < -0.3 is 5.11 Å². The van der Waals surface area contributed by atoms with Crippen molar-refractivity contribution in [1.82, 2.24) is 0 Å². The third kappa shape index (κ3) is 4.06. The van der Waals surface area contributed by atoms with Crippen LogP contribution in [-0.4, -0.2) is 17.9 Å². The maximum absolute atomic E-state index is 9.47. The fourth-order valence-electron chi connectivity index (χ4n) is 2.45. The minimum atomic E-state index is 0.168. The van der Waals surface area contributed by atoms with Crippen molar-refractivity contribution in [3.63, 3.8) is 0 Å². The van der Waals surface area contributed by atoms with Crippen LogP contribution in [-0.2, 0) is 0 Å². The first-order valence-corrected chi connectivity index (χ1v) is 6.10.